The first kappa shape index (κ1) is 31.6. The summed E-state index contributed by atoms with van der Waals surface area (Å²) >= 11 is 0. The summed E-state index contributed by atoms with van der Waals surface area (Å²) in [7, 11) is 0. The molecule has 0 saturated carbocycles. The number of fused-ring (bicyclic) bond motifs is 5. The van der Waals surface area contributed by atoms with Crippen molar-refractivity contribution >= 4 is 27.8 Å². The van der Waals surface area contributed by atoms with Gasteiger partial charge in [0.2, 0.25) is 0 Å². The molecule has 256 valence electrons. The minimum Gasteiger partial charge on any atom is -0.484 e. The lowest BCUT2D eigenvalue weighted by Crippen LogP contribution is -2.15. The molecule has 0 saturated heterocycles. The van der Waals surface area contributed by atoms with E-state index in [9.17, 15) is 0 Å². The average molecular weight is 695 g/mol. The average Bonchev–Trinajstić information content (AvgIpc) is 3.63. The van der Waals surface area contributed by atoms with Crippen molar-refractivity contribution in [1.29, 1.82) is 0 Å². The second-order valence-corrected chi connectivity index (χ2v) is 13.5. The lowest BCUT2D eigenvalue weighted by molar-refractivity contribution is 0.271. The summed E-state index contributed by atoms with van der Waals surface area (Å²) in [5, 5.41) is 2.02. The van der Waals surface area contributed by atoms with E-state index < -0.39 is 0 Å². The van der Waals surface area contributed by atoms with Crippen molar-refractivity contribution in [2.45, 2.75) is 12.0 Å². The first-order valence-corrected chi connectivity index (χ1v) is 18.3. The number of para-hydroxylation sites is 1. The van der Waals surface area contributed by atoms with Gasteiger partial charge in [-0.25, -0.2) is 15.0 Å². The van der Waals surface area contributed by atoms with Crippen LogP contribution in [0.15, 0.2) is 194 Å². The zero-order valence-electron chi connectivity index (χ0n) is 29.3. The lowest BCUT2D eigenvalue weighted by atomic mass is 9.88. The van der Waals surface area contributed by atoms with Crippen LogP contribution in [0.4, 0.5) is 17.1 Å². The summed E-state index contributed by atoms with van der Waals surface area (Å²) in [6.07, 6.45) is 8.48. The minimum absolute atomic E-state index is 0.0561. The molecule has 7 aromatic carbocycles. The van der Waals surface area contributed by atoms with E-state index in [-0.39, 0.29) is 12.0 Å². The highest BCUT2D eigenvalue weighted by Gasteiger charge is 2.36. The second-order valence-electron chi connectivity index (χ2n) is 13.5. The molecule has 0 spiro atoms. The molecule has 2 atom stereocenters. The number of ether oxygens (including phenoxy) is 1. The van der Waals surface area contributed by atoms with Gasteiger partial charge in [-0.2, -0.15) is 0 Å². The highest BCUT2D eigenvalue weighted by atomic mass is 16.5. The monoisotopic (exact) mass is 694 g/mol. The third kappa shape index (κ3) is 5.63. The highest BCUT2D eigenvalue weighted by molar-refractivity contribution is 6.09. The SMILES string of the molecule is C1=CC2Oc3c(cc(-c4nc(-c5ccccc5)nc(-c5ccccc5)n4)c4cccc(N(c5ccccc5)c5ccc(-c6ccccc6)cc5)c34)C2C=C1. The van der Waals surface area contributed by atoms with E-state index in [2.05, 4.69) is 132 Å². The molecule has 8 aromatic rings. The molecule has 0 amide bonds. The zero-order chi connectivity index (χ0) is 35.8. The van der Waals surface area contributed by atoms with Crippen molar-refractivity contribution in [3.63, 3.8) is 0 Å². The Bertz CT molecular complexity index is 2620. The Kier molecular flexibility index (Phi) is 7.88. The summed E-state index contributed by atoms with van der Waals surface area (Å²) in [6, 6.07) is 58.8. The number of hydrogen-bond donors (Lipinski definition) is 0. The van der Waals surface area contributed by atoms with Gasteiger partial charge < -0.3 is 9.64 Å². The number of allylic oxidation sites excluding steroid dienone is 2. The van der Waals surface area contributed by atoms with Crippen molar-refractivity contribution in [3.8, 4) is 51.0 Å². The van der Waals surface area contributed by atoms with Crippen LogP contribution in [0.1, 0.15) is 11.5 Å². The Hall–Kier alpha value is -7.11. The van der Waals surface area contributed by atoms with E-state index in [1.807, 2.05) is 66.7 Å². The normalized spacial score (nSPS) is 15.4. The van der Waals surface area contributed by atoms with Gasteiger partial charge in [0.05, 0.1) is 5.69 Å². The fourth-order valence-corrected chi connectivity index (χ4v) is 7.68. The van der Waals surface area contributed by atoms with Crippen LogP contribution >= 0.6 is 0 Å². The predicted octanol–water partition coefficient (Wildman–Crippen LogP) is 12.1. The summed E-state index contributed by atoms with van der Waals surface area (Å²) in [6.45, 7) is 0. The number of anilines is 3. The van der Waals surface area contributed by atoms with Crippen molar-refractivity contribution in [2.24, 2.45) is 0 Å². The van der Waals surface area contributed by atoms with Crippen LogP contribution in [0, 0.1) is 0 Å². The molecule has 0 fully saturated rings. The lowest BCUT2D eigenvalue weighted by Gasteiger charge is -2.28. The van der Waals surface area contributed by atoms with E-state index in [1.165, 1.54) is 5.56 Å². The van der Waals surface area contributed by atoms with E-state index >= 15 is 0 Å². The highest BCUT2D eigenvalue weighted by Crippen LogP contribution is 2.52. The summed E-state index contributed by atoms with van der Waals surface area (Å²) < 4.78 is 6.92. The number of aromatic nitrogens is 3. The van der Waals surface area contributed by atoms with E-state index in [0.717, 1.165) is 61.4 Å². The fourth-order valence-electron chi connectivity index (χ4n) is 7.68. The number of nitrogens with zero attached hydrogens (tertiary/aromatic N) is 4. The summed E-state index contributed by atoms with van der Waals surface area (Å²) in [5.74, 6) is 2.81. The van der Waals surface area contributed by atoms with Crippen molar-refractivity contribution in [1.82, 2.24) is 15.0 Å². The van der Waals surface area contributed by atoms with Crippen LogP contribution < -0.4 is 9.64 Å². The molecule has 1 aliphatic carbocycles. The van der Waals surface area contributed by atoms with Gasteiger partial charge >= 0.3 is 0 Å². The van der Waals surface area contributed by atoms with Gasteiger partial charge in [0.1, 0.15) is 11.9 Å². The van der Waals surface area contributed by atoms with Gasteiger partial charge in [-0.3, -0.25) is 0 Å². The first-order chi connectivity index (χ1) is 26.8. The maximum atomic E-state index is 6.92. The number of benzene rings is 7. The maximum Gasteiger partial charge on any atom is 0.164 e. The Morgan fingerprint density at radius 1 is 0.463 bits per heavy atom. The molecule has 2 unspecified atom stereocenters. The molecular weight excluding hydrogens is 661 g/mol. The molecule has 0 bridgehead atoms. The molecule has 2 aliphatic rings. The van der Waals surface area contributed by atoms with Crippen LogP contribution in [0.25, 0.3) is 56.1 Å². The third-order valence-corrected chi connectivity index (χ3v) is 10.2. The second kappa shape index (κ2) is 13.5. The molecule has 54 heavy (non-hydrogen) atoms. The van der Waals surface area contributed by atoms with E-state index in [4.69, 9.17) is 19.7 Å². The van der Waals surface area contributed by atoms with Gasteiger partial charge in [-0.15, -0.1) is 0 Å². The van der Waals surface area contributed by atoms with E-state index in [1.54, 1.807) is 0 Å². The Morgan fingerprint density at radius 3 is 1.65 bits per heavy atom. The fraction of sp³-hybridized carbons (Fsp3) is 0.0408. The van der Waals surface area contributed by atoms with Gasteiger partial charge in [-0.1, -0.05) is 152 Å². The Labute approximate surface area is 314 Å². The van der Waals surface area contributed by atoms with Crippen molar-refractivity contribution in [2.75, 3.05) is 4.90 Å². The van der Waals surface area contributed by atoms with Crippen LogP contribution in [-0.4, -0.2) is 21.1 Å². The Balaban J connectivity index is 1.23. The van der Waals surface area contributed by atoms with Crippen molar-refractivity contribution in [3.05, 3.63) is 200 Å². The van der Waals surface area contributed by atoms with Crippen molar-refractivity contribution < 1.29 is 4.74 Å². The minimum atomic E-state index is -0.107. The molecule has 5 heteroatoms. The van der Waals surface area contributed by atoms with Crippen LogP contribution in [0.5, 0.6) is 5.75 Å². The zero-order valence-corrected chi connectivity index (χ0v) is 29.3. The summed E-state index contributed by atoms with van der Waals surface area (Å²) in [4.78, 5) is 17.7. The van der Waals surface area contributed by atoms with Gasteiger partial charge in [0, 0.05) is 44.9 Å². The van der Waals surface area contributed by atoms with E-state index in [0.29, 0.717) is 17.5 Å². The van der Waals surface area contributed by atoms with Gasteiger partial charge in [-0.05, 0) is 59.0 Å². The standard InChI is InChI=1S/C49H34N4O/c1-5-16-33(17-6-1)34-28-30-38(31-29-34)53(37-22-11-4-12-23-37)43-26-15-25-40-42(32-41-39-24-13-14-27-44(39)54-46(41)45(40)43)49-51-47(35-18-7-2-8-19-35)50-48(52-49)36-20-9-3-10-21-36/h1-32,39,44H. The quantitative estimate of drug-likeness (QED) is 0.166. The Morgan fingerprint density at radius 2 is 1.00 bits per heavy atom. The maximum absolute atomic E-state index is 6.92. The molecule has 2 heterocycles. The van der Waals surface area contributed by atoms with Crippen LogP contribution in [0.2, 0.25) is 0 Å². The smallest absolute Gasteiger partial charge is 0.164 e. The van der Waals surface area contributed by atoms with Crippen LogP contribution in [0.3, 0.4) is 0 Å². The number of rotatable bonds is 7. The molecule has 0 radical (unpaired) electrons. The molecule has 1 aromatic heterocycles. The van der Waals surface area contributed by atoms with Crippen LogP contribution in [-0.2, 0) is 0 Å². The first-order valence-electron chi connectivity index (χ1n) is 18.3. The number of hydrogen-bond acceptors (Lipinski definition) is 5. The van der Waals surface area contributed by atoms with Gasteiger partial charge in [0.25, 0.3) is 0 Å². The molecule has 5 nitrogen and oxygen atoms in total. The largest absolute Gasteiger partial charge is 0.484 e. The summed E-state index contributed by atoms with van der Waals surface area (Å²) in [5.41, 5.74) is 9.36. The van der Waals surface area contributed by atoms with Gasteiger partial charge in [0.15, 0.2) is 17.5 Å². The molecule has 1 aliphatic heterocycles. The predicted molar refractivity (Wildman–Crippen MR) is 219 cm³/mol. The molecule has 0 N–H and O–H groups in total. The topological polar surface area (TPSA) is 51.1 Å². The molecule has 10 rings (SSSR count). The third-order valence-electron chi connectivity index (χ3n) is 10.2. The molecular formula is C49H34N4O.